The van der Waals surface area contributed by atoms with Gasteiger partial charge in [-0.25, -0.2) is 0 Å². The van der Waals surface area contributed by atoms with Gasteiger partial charge in [0.05, 0.1) is 0 Å². The van der Waals surface area contributed by atoms with Crippen LogP contribution in [0.15, 0.2) is 24.3 Å². The molecule has 0 aromatic heterocycles. The van der Waals surface area contributed by atoms with Crippen molar-refractivity contribution in [1.82, 2.24) is 0 Å². The summed E-state index contributed by atoms with van der Waals surface area (Å²) in [4.78, 5) is 0. The van der Waals surface area contributed by atoms with E-state index < -0.39 is 0 Å². The molecule has 0 fully saturated rings. The van der Waals surface area contributed by atoms with Crippen LogP contribution in [0.4, 0.5) is 0 Å². The minimum absolute atomic E-state index is 1.71. The van der Waals surface area contributed by atoms with Crippen molar-refractivity contribution in [2.75, 3.05) is 0 Å². The second kappa shape index (κ2) is 6.60. The van der Waals surface area contributed by atoms with Crippen LogP contribution in [0.25, 0.3) is 0 Å². The predicted octanol–water partition coefficient (Wildman–Crippen LogP) is 1.76. The SMILES string of the molecule is C#CC#C/C=C/C=C/C. The average molecular weight is 116 g/mol. The maximum Gasteiger partial charge on any atom is -0.0108 e. The standard InChI is InChI=1S/C9H8/c1-3-5-7-9-8-6-4-2/h1,4,6,8-9H,2H3/b6-4+,9-8+. The third-order valence-corrected chi connectivity index (χ3v) is 0.627. The first-order chi connectivity index (χ1) is 4.41. The van der Waals surface area contributed by atoms with Crippen molar-refractivity contribution < 1.29 is 0 Å². The molecule has 0 spiro atoms. The lowest BCUT2D eigenvalue weighted by molar-refractivity contribution is 1.74. The van der Waals surface area contributed by atoms with Gasteiger partial charge >= 0.3 is 0 Å². The molecule has 9 heavy (non-hydrogen) atoms. The van der Waals surface area contributed by atoms with E-state index in [1.54, 1.807) is 6.08 Å². The summed E-state index contributed by atoms with van der Waals surface area (Å²) in [5, 5.41) is 0. The molecule has 0 amide bonds. The van der Waals surface area contributed by atoms with E-state index in [0.29, 0.717) is 0 Å². The molecule has 0 aromatic carbocycles. The van der Waals surface area contributed by atoms with Crippen molar-refractivity contribution in [3.63, 3.8) is 0 Å². The Bertz CT molecular complexity index is 200. The Balaban J connectivity index is 3.63. The molecule has 0 bridgehead atoms. The fourth-order valence-corrected chi connectivity index (χ4v) is 0.298. The van der Waals surface area contributed by atoms with Gasteiger partial charge in [-0.15, -0.1) is 6.42 Å². The van der Waals surface area contributed by atoms with E-state index in [-0.39, 0.29) is 0 Å². The summed E-state index contributed by atoms with van der Waals surface area (Å²) in [5.74, 6) is 7.32. The van der Waals surface area contributed by atoms with Crippen LogP contribution in [0, 0.1) is 24.2 Å². The Morgan fingerprint density at radius 3 is 2.67 bits per heavy atom. The lowest BCUT2D eigenvalue weighted by Gasteiger charge is -1.64. The van der Waals surface area contributed by atoms with E-state index in [1.165, 1.54) is 0 Å². The smallest absolute Gasteiger partial charge is 0.0108 e. The summed E-state index contributed by atoms with van der Waals surface area (Å²) in [6.07, 6.45) is 12.2. The topological polar surface area (TPSA) is 0 Å². The highest BCUT2D eigenvalue weighted by Gasteiger charge is 1.55. The molecule has 0 atom stereocenters. The van der Waals surface area contributed by atoms with Crippen LogP contribution in [0.1, 0.15) is 6.92 Å². The van der Waals surface area contributed by atoms with Gasteiger partial charge < -0.3 is 0 Å². The Morgan fingerprint density at radius 1 is 1.33 bits per heavy atom. The number of hydrogen-bond acceptors (Lipinski definition) is 0. The molecule has 0 nitrogen and oxygen atoms in total. The fraction of sp³-hybridized carbons (Fsp3) is 0.111. The number of terminal acetylenes is 1. The quantitative estimate of drug-likeness (QED) is 0.361. The fourth-order valence-electron chi connectivity index (χ4n) is 0.298. The second-order valence-corrected chi connectivity index (χ2v) is 1.30. The molecule has 0 saturated carbocycles. The Morgan fingerprint density at radius 2 is 2.11 bits per heavy atom. The Labute approximate surface area is 56.3 Å². The summed E-state index contributed by atoms with van der Waals surface area (Å²) in [7, 11) is 0. The monoisotopic (exact) mass is 116 g/mol. The third-order valence-electron chi connectivity index (χ3n) is 0.627. The summed E-state index contributed by atoms with van der Waals surface area (Å²) in [5.41, 5.74) is 0. The molecule has 44 valence electrons. The van der Waals surface area contributed by atoms with Gasteiger partial charge in [0.1, 0.15) is 0 Å². The van der Waals surface area contributed by atoms with Crippen molar-refractivity contribution in [3.05, 3.63) is 24.3 Å². The third kappa shape index (κ3) is 6.60. The average Bonchev–Trinajstić information content (AvgIpc) is 1.89. The molecule has 0 aliphatic rings. The molecule has 0 radical (unpaired) electrons. The lowest BCUT2D eigenvalue weighted by atomic mass is 10.4. The van der Waals surface area contributed by atoms with Crippen LogP contribution >= 0.6 is 0 Å². The summed E-state index contributed by atoms with van der Waals surface area (Å²) in [6, 6.07) is 0. The van der Waals surface area contributed by atoms with E-state index in [2.05, 4.69) is 17.8 Å². The van der Waals surface area contributed by atoms with Gasteiger partial charge in [0.15, 0.2) is 0 Å². The molecular formula is C9H8. The summed E-state index contributed by atoms with van der Waals surface area (Å²) < 4.78 is 0. The van der Waals surface area contributed by atoms with Gasteiger partial charge in [0.2, 0.25) is 0 Å². The maximum atomic E-state index is 4.87. The molecule has 0 heteroatoms. The van der Waals surface area contributed by atoms with Crippen molar-refractivity contribution in [3.8, 4) is 24.2 Å². The zero-order valence-electron chi connectivity index (χ0n) is 5.39. The minimum Gasteiger partial charge on any atom is -0.106 e. The van der Waals surface area contributed by atoms with Crippen molar-refractivity contribution in [2.24, 2.45) is 0 Å². The first kappa shape index (κ1) is 7.60. The number of rotatable bonds is 1. The molecule has 0 rings (SSSR count). The van der Waals surface area contributed by atoms with Gasteiger partial charge in [-0.05, 0) is 24.8 Å². The zero-order valence-corrected chi connectivity index (χ0v) is 5.39. The van der Waals surface area contributed by atoms with Crippen LogP contribution in [0.5, 0.6) is 0 Å². The highest BCUT2D eigenvalue weighted by atomic mass is 13.6. The molecule has 0 aliphatic carbocycles. The zero-order chi connectivity index (χ0) is 6.95. The van der Waals surface area contributed by atoms with Gasteiger partial charge in [0.25, 0.3) is 0 Å². The van der Waals surface area contributed by atoms with E-state index in [0.717, 1.165) is 0 Å². The van der Waals surface area contributed by atoms with Gasteiger partial charge in [-0.3, -0.25) is 0 Å². The Kier molecular flexibility index (Phi) is 5.57. The van der Waals surface area contributed by atoms with Crippen LogP contribution in [-0.4, -0.2) is 0 Å². The van der Waals surface area contributed by atoms with Crippen LogP contribution in [-0.2, 0) is 0 Å². The minimum atomic E-state index is 1.71. The normalized spacial score (nSPS) is 8.89. The number of hydrogen-bond donors (Lipinski definition) is 0. The molecule has 0 unspecified atom stereocenters. The van der Waals surface area contributed by atoms with Crippen molar-refractivity contribution in [1.29, 1.82) is 0 Å². The predicted molar refractivity (Wildman–Crippen MR) is 40.6 cm³/mol. The van der Waals surface area contributed by atoms with Crippen LogP contribution in [0.2, 0.25) is 0 Å². The molecular weight excluding hydrogens is 108 g/mol. The largest absolute Gasteiger partial charge is 0.106 e. The highest BCUT2D eigenvalue weighted by Crippen LogP contribution is 1.72. The van der Waals surface area contributed by atoms with Crippen molar-refractivity contribution >= 4 is 0 Å². The van der Waals surface area contributed by atoms with E-state index >= 15 is 0 Å². The van der Waals surface area contributed by atoms with E-state index in [9.17, 15) is 0 Å². The molecule has 0 saturated heterocycles. The van der Waals surface area contributed by atoms with Gasteiger partial charge in [-0.2, -0.15) is 0 Å². The molecule has 0 N–H and O–H groups in total. The van der Waals surface area contributed by atoms with Crippen molar-refractivity contribution in [2.45, 2.75) is 6.92 Å². The summed E-state index contributed by atoms with van der Waals surface area (Å²) in [6.45, 7) is 1.94. The highest BCUT2D eigenvalue weighted by molar-refractivity contribution is 5.29. The van der Waals surface area contributed by atoms with Crippen LogP contribution in [0.3, 0.4) is 0 Å². The second-order valence-electron chi connectivity index (χ2n) is 1.30. The number of allylic oxidation sites excluding steroid dienone is 4. The molecule has 0 aromatic rings. The maximum absolute atomic E-state index is 4.87. The van der Waals surface area contributed by atoms with E-state index in [4.69, 9.17) is 6.42 Å². The molecule has 0 aliphatic heterocycles. The van der Waals surface area contributed by atoms with Crippen LogP contribution < -0.4 is 0 Å². The van der Waals surface area contributed by atoms with Gasteiger partial charge in [0, 0.05) is 0 Å². The first-order valence-electron chi connectivity index (χ1n) is 2.65. The molecule has 0 heterocycles. The lowest BCUT2D eigenvalue weighted by Crippen LogP contribution is -1.48. The van der Waals surface area contributed by atoms with E-state index in [1.807, 2.05) is 25.2 Å². The summed E-state index contributed by atoms with van der Waals surface area (Å²) >= 11 is 0. The Hall–Kier alpha value is -1.40. The first-order valence-corrected chi connectivity index (χ1v) is 2.65. The van der Waals surface area contributed by atoms with Gasteiger partial charge in [-0.1, -0.05) is 24.1 Å².